The Balaban J connectivity index is 1.97. The highest BCUT2D eigenvalue weighted by Gasteiger charge is 2.22. The second kappa shape index (κ2) is 10.2. The summed E-state index contributed by atoms with van der Waals surface area (Å²) in [5.74, 6) is 0. The minimum Gasteiger partial charge on any atom is -0.316 e. The number of hydrogen-bond donors (Lipinski definition) is 1. The molecular weight excluding hydrogens is 234 g/mol. The Morgan fingerprint density at radius 3 is 2.74 bits per heavy atom. The van der Waals surface area contributed by atoms with E-state index < -0.39 is 0 Å². The highest BCUT2D eigenvalue weighted by atomic mass is 15.3. The van der Waals surface area contributed by atoms with E-state index in [1.165, 1.54) is 44.9 Å². The van der Waals surface area contributed by atoms with E-state index in [1.54, 1.807) is 0 Å². The standard InChI is InChI=1S/C16H31N3/c1-3-4-5-6-7-8-9-10-11-12-16-18-13-14-19(16)15(2)17/h5-6,13,15-16H,3-4,7-12,14,17H2,1-2H3/b6-5+. The van der Waals surface area contributed by atoms with Crippen molar-refractivity contribution >= 4 is 6.21 Å². The molecule has 1 rings (SSSR count). The van der Waals surface area contributed by atoms with Gasteiger partial charge in [-0.2, -0.15) is 0 Å². The first-order chi connectivity index (χ1) is 9.25. The van der Waals surface area contributed by atoms with Crippen LogP contribution >= 0.6 is 0 Å². The molecule has 3 nitrogen and oxygen atoms in total. The number of hydrogen-bond acceptors (Lipinski definition) is 3. The van der Waals surface area contributed by atoms with Gasteiger partial charge in [-0.05, 0) is 39.0 Å². The summed E-state index contributed by atoms with van der Waals surface area (Å²) in [4.78, 5) is 6.79. The Kier molecular flexibility index (Phi) is 8.76. The Bertz CT molecular complexity index is 271. The van der Waals surface area contributed by atoms with E-state index in [0.29, 0.717) is 6.17 Å². The lowest BCUT2D eigenvalue weighted by Crippen LogP contribution is -2.43. The number of nitrogens with zero attached hydrogens (tertiary/aromatic N) is 2. The fourth-order valence-corrected chi connectivity index (χ4v) is 2.49. The summed E-state index contributed by atoms with van der Waals surface area (Å²) in [6.45, 7) is 5.19. The maximum absolute atomic E-state index is 5.94. The van der Waals surface area contributed by atoms with Gasteiger partial charge in [0.15, 0.2) is 0 Å². The number of nitrogens with two attached hydrogens (primary N) is 1. The van der Waals surface area contributed by atoms with Gasteiger partial charge in [-0.3, -0.25) is 9.89 Å². The molecule has 0 aromatic rings. The van der Waals surface area contributed by atoms with Crippen molar-refractivity contribution in [2.75, 3.05) is 6.54 Å². The summed E-state index contributed by atoms with van der Waals surface area (Å²) in [5.41, 5.74) is 5.94. The smallest absolute Gasteiger partial charge is 0.103 e. The van der Waals surface area contributed by atoms with Crippen molar-refractivity contribution in [3.8, 4) is 0 Å². The zero-order chi connectivity index (χ0) is 13.9. The average Bonchev–Trinajstić information content (AvgIpc) is 2.85. The van der Waals surface area contributed by atoms with Crippen molar-refractivity contribution in [3.63, 3.8) is 0 Å². The molecule has 3 heteroatoms. The second-order valence-electron chi connectivity index (χ2n) is 5.50. The van der Waals surface area contributed by atoms with Crippen LogP contribution in [0.25, 0.3) is 0 Å². The minimum atomic E-state index is 0.121. The monoisotopic (exact) mass is 265 g/mol. The third kappa shape index (κ3) is 6.88. The number of unbranched alkanes of at least 4 members (excludes halogenated alkanes) is 5. The Morgan fingerprint density at radius 2 is 2.00 bits per heavy atom. The van der Waals surface area contributed by atoms with E-state index >= 15 is 0 Å². The van der Waals surface area contributed by atoms with Crippen molar-refractivity contribution in [1.29, 1.82) is 0 Å². The van der Waals surface area contributed by atoms with Crippen LogP contribution in [0.15, 0.2) is 17.1 Å². The minimum absolute atomic E-state index is 0.121. The molecule has 0 bridgehead atoms. The van der Waals surface area contributed by atoms with Crippen molar-refractivity contribution in [1.82, 2.24) is 4.90 Å². The lowest BCUT2D eigenvalue weighted by Gasteiger charge is -2.26. The molecule has 0 aromatic carbocycles. The molecule has 2 atom stereocenters. The Morgan fingerprint density at radius 1 is 1.26 bits per heavy atom. The van der Waals surface area contributed by atoms with Gasteiger partial charge in [0.25, 0.3) is 0 Å². The van der Waals surface area contributed by atoms with Gasteiger partial charge in [0.05, 0.1) is 6.17 Å². The largest absolute Gasteiger partial charge is 0.316 e. The van der Waals surface area contributed by atoms with Crippen LogP contribution in [0.4, 0.5) is 0 Å². The summed E-state index contributed by atoms with van der Waals surface area (Å²) in [5, 5.41) is 0. The maximum Gasteiger partial charge on any atom is 0.103 e. The van der Waals surface area contributed by atoms with E-state index in [-0.39, 0.29) is 6.17 Å². The summed E-state index contributed by atoms with van der Waals surface area (Å²) >= 11 is 0. The van der Waals surface area contributed by atoms with E-state index in [4.69, 9.17) is 5.73 Å². The molecule has 0 amide bonds. The molecule has 0 aromatic heterocycles. The Labute approximate surface area is 119 Å². The van der Waals surface area contributed by atoms with Crippen LogP contribution < -0.4 is 5.73 Å². The molecule has 0 aliphatic carbocycles. The quantitative estimate of drug-likeness (QED) is 0.483. The number of rotatable bonds is 10. The van der Waals surface area contributed by atoms with Gasteiger partial charge in [0, 0.05) is 12.8 Å². The highest BCUT2D eigenvalue weighted by Crippen LogP contribution is 2.16. The van der Waals surface area contributed by atoms with E-state index in [2.05, 4.69) is 29.0 Å². The number of allylic oxidation sites excluding steroid dienone is 2. The molecule has 2 unspecified atom stereocenters. The summed E-state index contributed by atoms with van der Waals surface area (Å²) in [6.07, 6.45) is 17.3. The molecule has 2 N–H and O–H groups in total. The average molecular weight is 265 g/mol. The van der Waals surface area contributed by atoms with E-state index in [0.717, 1.165) is 13.0 Å². The SMILES string of the molecule is CCC/C=C/CCCCCCC1N=CCN1C(C)N. The molecule has 1 aliphatic heterocycles. The van der Waals surface area contributed by atoms with Gasteiger partial charge in [-0.25, -0.2) is 0 Å². The first kappa shape index (κ1) is 16.4. The van der Waals surface area contributed by atoms with Gasteiger partial charge < -0.3 is 5.73 Å². The normalized spacial score (nSPS) is 21.5. The van der Waals surface area contributed by atoms with Crippen molar-refractivity contribution in [2.24, 2.45) is 10.7 Å². The Hall–Kier alpha value is -0.670. The molecule has 0 saturated heterocycles. The highest BCUT2D eigenvalue weighted by molar-refractivity contribution is 5.62. The molecule has 110 valence electrons. The lowest BCUT2D eigenvalue weighted by atomic mass is 10.1. The van der Waals surface area contributed by atoms with Crippen LogP contribution in [0.1, 0.15) is 65.2 Å². The van der Waals surface area contributed by atoms with Crippen LogP contribution in [-0.2, 0) is 0 Å². The van der Waals surface area contributed by atoms with Crippen LogP contribution in [0, 0.1) is 0 Å². The molecule has 0 radical (unpaired) electrons. The predicted octanol–water partition coefficient (Wildman–Crippen LogP) is 3.70. The number of aliphatic imine (C=N–C) groups is 1. The third-order valence-electron chi connectivity index (χ3n) is 3.68. The first-order valence-corrected chi connectivity index (χ1v) is 7.93. The van der Waals surface area contributed by atoms with Crippen molar-refractivity contribution < 1.29 is 0 Å². The van der Waals surface area contributed by atoms with Gasteiger partial charge in [0.2, 0.25) is 0 Å². The van der Waals surface area contributed by atoms with Gasteiger partial charge in [-0.1, -0.05) is 38.3 Å². The summed E-state index contributed by atoms with van der Waals surface area (Å²) < 4.78 is 0. The fourth-order valence-electron chi connectivity index (χ4n) is 2.49. The second-order valence-corrected chi connectivity index (χ2v) is 5.50. The molecular formula is C16H31N3. The molecule has 1 aliphatic rings. The third-order valence-corrected chi connectivity index (χ3v) is 3.68. The van der Waals surface area contributed by atoms with Crippen LogP contribution in [0.2, 0.25) is 0 Å². The summed E-state index contributed by atoms with van der Waals surface area (Å²) in [6, 6.07) is 0. The van der Waals surface area contributed by atoms with Crippen LogP contribution in [-0.4, -0.2) is 30.0 Å². The fraction of sp³-hybridized carbons (Fsp3) is 0.812. The zero-order valence-corrected chi connectivity index (χ0v) is 12.7. The van der Waals surface area contributed by atoms with E-state index in [1.807, 2.05) is 13.1 Å². The van der Waals surface area contributed by atoms with Gasteiger partial charge in [-0.15, -0.1) is 0 Å². The molecule has 0 spiro atoms. The van der Waals surface area contributed by atoms with Crippen molar-refractivity contribution in [2.45, 2.75) is 77.5 Å². The maximum atomic E-state index is 5.94. The van der Waals surface area contributed by atoms with E-state index in [9.17, 15) is 0 Å². The van der Waals surface area contributed by atoms with Crippen LogP contribution in [0.3, 0.4) is 0 Å². The molecule has 1 heterocycles. The first-order valence-electron chi connectivity index (χ1n) is 7.93. The predicted molar refractivity (Wildman–Crippen MR) is 84.4 cm³/mol. The molecule has 19 heavy (non-hydrogen) atoms. The van der Waals surface area contributed by atoms with Crippen molar-refractivity contribution in [3.05, 3.63) is 12.2 Å². The van der Waals surface area contributed by atoms with Gasteiger partial charge >= 0.3 is 0 Å². The molecule has 0 fully saturated rings. The molecule has 0 saturated carbocycles. The van der Waals surface area contributed by atoms with Gasteiger partial charge in [0.1, 0.15) is 6.17 Å². The summed E-state index contributed by atoms with van der Waals surface area (Å²) in [7, 11) is 0. The van der Waals surface area contributed by atoms with Crippen LogP contribution in [0.5, 0.6) is 0 Å². The zero-order valence-electron chi connectivity index (χ0n) is 12.7. The topological polar surface area (TPSA) is 41.6 Å². The lowest BCUT2D eigenvalue weighted by molar-refractivity contribution is 0.182.